The lowest BCUT2D eigenvalue weighted by Gasteiger charge is -2.12. The van der Waals surface area contributed by atoms with Gasteiger partial charge in [-0.1, -0.05) is 0 Å². The fraction of sp³-hybridized carbons (Fsp3) is 1.00. The van der Waals surface area contributed by atoms with E-state index >= 15 is 0 Å². The van der Waals surface area contributed by atoms with Crippen LogP contribution in [0.3, 0.4) is 0 Å². The van der Waals surface area contributed by atoms with Crippen LogP contribution in [0.2, 0.25) is 0 Å². The van der Waals surface area contributed by atoms with Gasteiger partial charge in [-0.2, -0.15) is 0 Å². The highest BCUT2D eigenvalue weighted by atomic mass is 127. The van der Waals surface area contributed by atoms with E-state index in [4.69, 9.17) is 14.6 Å². The van der Waals surface area contributed by atoms with Gasteiger partial charge in [0.2, 0.25) is 0 Å². The molecule has 0 radical (unpaired) electrons. The summed E-state index contributed by atoms with van der Waals surface area (Å²) in [6.07, 6.45) is -0.595. The predicted octanol–water partition coefficient (Wildman–Crippen LogP) is 0.154. The number of aliphatic hydroxyl groups is 1. The summed E-state index contributed by atoms with van der Waals surface area (Å²) in [6.45, 7) is 0.395. The number of ether oxygens (including phenoxy) is 2. The van der Waals surface area contributed by atoms with Gasteiger partial charge in [-0.05, 0) is 22.6 Å². The largest absolute Gasteiger partial charge is 0.388 e. The molecule has 1 fully saturated rings. The molecule has 1 aliphatic rings. The Bertz CT molecular complexity index is 88.2. The van der Waals surface area contributed by atoms with Crippen molar-refractivity contribution in [1.82, 2.24) is 0 Å². The lowest BCUT2D eigenvalue weighted by molar-refractivity contribution is 0.0175. The van der Waals surface area contributed by atoms with E-state index in [1.54, 1.807) is 7.11 Å². The molecule has 9 heavy (non-hydrogen) atoms. The van der Waals surface area contributed by atoms with Crippen LogP contribution in [0.1, 0.15) is 0 Å². The Hall–Kier alpha value is 0.610. The maximum Gasteiger partial charge on any atom is 0.137 e. The van der Waals surface area contributed by atoms with Crippen molar-refractivity contribution in [3.05, 3.63) is 0 Å². The molecule has 0 aromatic heterocycles. The van der Waals surface area contributed by atoms with Gasteiger partial charge in [0.25, 0.3) is 0 Å². The van der Waals surface area contributed by atoms with Crippen LogP contribution in [0, 0.1) is 0 Å². The van der Waals surface area contributed by atoms with E-state index < -0.39 is 6.10 Å². The van der Waals surface area contributed by atoms with Gasteiger partial charge < -0.3 is 14.6 Å². The van der Waals surface area contributed by atoms with Crippen molar-refractivity contribution in [3.63, 3.8) is 0 Å². The number of rotatable bonds is 1. The Balaban J connectivity index is 2.44. The van der Waals surface area contributed by atoms with Gasteiger partial charge in [0.15, 0.2) is 0 Å². The minimum Gasteiger partial charge on any atom is -0.388 e. The number of alkyl halides is 1. The summed E-state index contributed by atoms with van der Waals surface area (Å²) in [6, 6.07) is 0. The molecule has 0 aliphatic carbocycles. The smallest absolute Gasteiger partial charge is 0.137 e. The Morgan fingerprint density at radius 2 is 2.44 bits per heavy atom. The van der Waals surface area contributed by atoms with E-state index in [1.165, 1.54) is 0 Å². The Kier molecular flexibility index (Phi) is 2.69. The van der Waals surface area contributed by atoms with E-state index in [-0.39, 0.29) is 10.2 Å². The summed E-state index contributed by atoms with van der Waals surface area (Å²) in [5, 5.41) is 9.10. The molecule has 1 N–H and O–H groups in total. The SMILES string of the molecule is COC1[C@H](I)OC[C@@H]1O. The highest BCUT2D eigenvalue weighted by Gasteiger charge is 2.34. The fourth-order valence-corrected chi connectivity index (χ4v) is 1.80. The van der Waals surface area contributed by atoms with E-state index in [0.29, 0.717) is 6.61 Å². The number of aliphatic hydroxyl groups excluding tert-OH is 1. The Labute approximate surface area is 67.5 Å². The first-order chi connectivity index (χ1) is 4.25. The van der Waals surface area contributed by atoms with Crippen molar-refractivity contribution in [2.75, 3.05) is 13.7 Å². The van der Waals surface area contributed by atoms with Crippen LogP contribution < -0.4 is 0 Å². The molecule has 0 amide bonds. The number of methoxy groups -OCH3 is 1. The predicted molar refractivity (Wildman–Crippen MR) is 40.6 cm³/mol. The molecule has 3 atom stereocenters. The summed E-state index contributed by atoms with van der Waals surface area (Å²) in [5.41, 5.74) is 0. The zero-order chi connectivity index (χ0) is 6.85. The molecule has 54 valence electrons. The third kappa shape index (κ3) is 1.54. The van der Waals surface area contributed by atoms with E-state index in [2.05, 4.69) is 22.6 Å². The summed E-state index contributed by atoms with van der Waals surface area (Å²) in [4.78, 5) is 0. The van der Waals surface area contributed by atoms with Crippen molar-refractivity contribution in [1.29, 1.82) is 0 Å². The standard InChI is InChI=1S/C5H9IO3/c1-8-4-3(7)2-9-5(4)6/h3-5,7H,2H2,1H3/t3-,4?,5+/m0/s1. The zero-order valence-electron chi connectivity index (χ0n) is 5.08. The van der Waals surface area contributed by atoms with Crippen LogP contribution in [0.15, 0.2) is 0 Å². The molecule has 1 unspecified atom stereocenters. The second-order valence-corrected chi connectivity index (χ2v) is 3.18. The van der Waals surface area contributed by atoms with Crippen LogP contribution in [-0.2, 0) is 9.47 Å². The lowest BCUT2D eigenvalue weighted by atomic mass is 10.3. The first-order valence-electron chi connectivity index (χ1n) is 2.72. The molecule has 0 aromatic carbocycles. The molecule has 3 nitrogen and oxygen atoms in total. The van der Waals surface area contributed by atoms with Crippen molar-refractivity contribution in [2.45, 2.75) is 16.3 Å². The van der Waals surface area contributed by atoms with E-state index in [9.17, 15) is 0 Å². The molecule has 4 heteroatoms. The summed E-state index contributed by atoms with van der Waals surface area (Å²) >= 11 is 2.10. The average Bonchev–Trinajstić information content (AvgIpc) is 2.12. The van der Waals surface area contributed by atoms with Crippen LogP contribution in [0.4, 0.5) is 0 Å². The monoisotopic (exact) mass is 244 g/mol. The van der Waals surface area contributed by atoms with Crippen LogP contribution in [0.5, 0.6) is 0 Å². The lowest BCUT2D eigenvalue weighted by Crippen LogP contribution is -2.28. The minimum absolute atomic E-state index is 0.00241. The molecule has 1 rings (SSSR count). The van der Waals surface area contributed by atoms with Gasteiger partial charge in [-0.15, -0.1) is 0 Å². The first kappa shape index (κ1) is 7.71. The fourth-order valence-electron chi connectivity index (χ4n) is 0.819. The van der Waals surface area contributed by atoms with Gasteiger partial charge in [0.1, 0.15) is 16.3 Å². The van der Waals surface area contributed by atoms with Crippen LogP contribution >= 0.6 is 22.6 Å². The maximum atomic E-state index is 9.10. The molecular weight excluding hydrogens is 235 g/mol. The second kappa shape index (κ2) is 3.14. The average molecular weight is 244 g/mol. The summed E-state index contributed by atoms with van der Waals surface area (Å²) < 4.78 is 10.0. The number of hydrogen-bond donors (Lipinski definition) is 1. The van der Waals surface area contributed by atoms with Gasteiger partial charge >= 0.3 is 0 Å². The molecule has 1 saturated heterocycles. The molecule has 1 heterocycles. The molecule has 0 bridgehead atoms. The van der Waals surface area contributed by atoms with Gasteiger partial charge in [-0.25, -0.2) is 0 Å². The number of hydrogen-bond acceptors (Lipinski definition) is 3. The first-order valence-corrected chi connectivity index (χ1v) is 3.97. The normalized spacial score (nSPS) is 43.7. The van der Waals surface area contributed by atoms with E-state index in [1.807, 2.05) is 0 Å². The van der Waals surface area contributed by atoms with Gasteiger partial charge in [0, 0.05) is 7.11 Å². The molecule has 1 aliphatic heterocycles. The second-order valence-electron chi connectivity index (χ2n) is 1.95. The summed E-state index contributed by atoms with van der Waals surface area (Å²) in [7, 11) is 1.58. The minimum atomic E-state index is -0.447. The zero-order valence-corrected chi connectivity index (χ0v) is 7.24. The maximum absolute atomic E-state index is 9.10. The van der Waals surface area contributed by atoms with Gasteiger partial charge in [-0.3, -0.25) is 0 Å². The third-order valence-electron chi connectivity index (χ3n) is 1.34. The number of halogens is 1. The molecule has 0 spiro atoms. The molecular formula is C5H9IO3. The van der Waals surface area contributed by atoms with Crippen molar-refractivity contribution >= 4 is 22.6 Å². The topological polar surface area (TPSA) is 38.7 Å². The Morgan fingerprint density at radius 3 is 2.67 bits per heavy atom. The molecule has 0 saturated carbocycles. The third-order valence-corrected chi connectivity index (χ3v) is 2.40. The van der Waals surface area contributed by atoms with Crippen molar-refractivity contribution in [2.24, 2.45) is 0 Å². The molecule has 0 aromatic rings. The van der Waals surface area contributed by atoms with Crippen molar-refractivity contribution in [3.8, 4) is 0 Å². The van der Waals surface area contributed by atoms with E-state index in [0.717, 1.165) is 0 Å². The highest BCUT2D eigenvalue weighted by molar-refractivity contribution is 14.1. The van der Waals surface area contributed by atoms with Crippen molar-refractivity contribution < 1.29 is 14.6 Å². The highest BCUT2D eigenvalue weighted by Crippen LogP contribution is 2.21. The van der Waals surface area contributed by atoms with Crippen LogP contribution in [0.25, 0.3) is 0 Å². The summed E-state index contributed by atoms with van der Waals surface area (Å²) in [5.74, 6) is 0. The van der Waals surface area contributed by atoms with Gasteiger partial charge in [0.05, 0.1) is 6.61 Å². The Morgan fingerprint density at radius 1 is 1.78 bits per heavy atom. The van der Waals surface area contributed by atoms with Crippen LogP contribution in [-0.4, -0.2) is 35.1 Å². The quantitative estimate of drug-likeness (QED) is 0.527.